The largest absolute Gasteiger partial charge is 0.490 e. The van der Waals surface area contributed by atoms with E-state index >= 15 is 0 Å². The quantitative estimate of drug-likeness (QED) is 0.792. The summed E-state index contributed by atoms with van der Waals surface area (Å²) in [7, 11) is -3.51. The predicted molar refractivity (Wildman–Crippen MR) is 100.0 cm³/mol. The van der Waals surface area contributed by atoms with E-state index in [4.69, 9.17) is 14.2 Å². The second kappa shape index (κ2) is 8.34. The minimum Gasteiger partial charge on any atom is -0.490 e. The maximum Gasteiger partial charge on any atom is 0.243 e. The van der Waals surface area contributed by atoms with E-state index in [1.54, 1.807) is 22.5 Å². The lowest BCUT2D eigenvalue weighted by Gasteiger charge is -2.34. The number of rotatable bonds is 4. The lowest BCUT2D eigenvalue weighted by atomic mass is 10.1. The zero-order chi connectivity index (χ0) is 18.7. The average molecular weight is 398 g/mol. The molecule has 0 radical (unpaired) electrons. The van der Waals surface area contributed by atoms with Crippen LogP contribution in [0.3, 0.4) is 0 Å². The van der Waals surface area contributed by atoms with Crippen molar-refractivity contribution in [3.63, 3.8) is 0 Å². The van der Waals surface area contributed by atoms with Gasteiger partial charge in [0, 0.05) is 19.1 Å². The number of sulfonamides is 1. The molecule has 1 aromatic rings. The first-order valence-corrected chi connectivity index (χ1v) is 11.4. The fourth-order valence-corrected chi connectivity index (χ4v) is 5.45. The fourth-order valence-electron chi connectivity index (χ4n) is 3.99. The van der Waals surface area contributed by atoms with Crippen LogP contribution in [-0.2, 0) is 14.8 Å². The third kappa shape index (κ3) is 4.39. The minimum atomic E-state index is -3.51. The Bertz CT molecular complexity index is 740. The molecule has 1 N–H and O–H groups in total. The third-order valence-electron chi connectivity index (χ3n) is 5.58. The van der Waals surface area contributed by atoms with Crippen molar-refractivity contribution in [3.8, 4) is 11.5 Å². The van der Waals surface area contributed by atoms with Crippen molar-refractivity contribution in [1.29, 1.82) is 0 Å². The van der Waals surface area contributed by atoms with E-state index in [0.29, 0.717) is 43.9 Å². The Labute approximate surface area is 161 Å². The normalized spacial score (nSPS) is 25.1. The highest BCUT2D eigenvalue weighted by molar-refractivity contribution is 7.89. The van der Waals surface area contributed by atoms with Crippen LogP contribution in [0, 0.1) is 0 Å². The van der Waals surface area contributed by atoms with Crippen molar-refractivity contribution in [2.45, 2.75) is 36.7 Å². The average Bonchev–Trinajstić information content (AvgIpc) is 2.94. The molecule has 7 nitrogen and oxygen atoms in total. The molecule has 4 rings (SSSR count). The van der Waals surface area contributed by atoms with Crippen LogP contribution in [0.5, 0.6) is 11.5 Å². The second-order valence-electron chi connectivity index (χ2n) is 7.51. The van der Waals surface area contributed by atoms with Gasteiger partial charge in [0.25, 0.3) is 0 Å². The van der Waals surface area contributed by atoms with Crippen LogP contribution in [0.25, 0.3) is 0 Å². The van der Waals surface area contributed by atoms with Crippen LogP contribution in [0.15, 0.2) is 23.1 Å². The van der Waals surface area contributed by atoms with E-state index in [-0.39, 0.29) is 4.90 Å². The standard InChI is InChI=1S/C19H28N2O5S/c22-27(23,17-5-6-18-19(14-17)26-13-3-12-25-18)21-9-7-20(8-10-21)15-16-4-1-2-11-24-16/h5-6,14,16H,1-4,7-13,15H2/p+1/t16-/m0/s1. The van der Waals surface area contributed by atoms with Crippen LogP contribution < -0.4 is 14.4 Å². The topological polar surface area (TPSA) is 69.5 Å². The van der Waals surface area contributed by atoms with E-state index in [0.717, 1.165) is 45.5 Å². The summed E-state index contributed by atoms with van der Waals surface area (Å²) in [6, 6.07) is 4.93. The first kappa shape index (κ1) is 19.0. The first-order valence-electron chi connectivity index (χ1n) is 9.98. The molecule has 8 heteroatoms. The summed E-state index contributed by atoms with van der Waals surface area (Å²) in [5.74, 6) is 1.14. The molecule has 0 saturated carbocycles. The molecule has 1 atom stereocenters. The smallest absolute Gasteiger partial charge is 0.243 e. The summed E-state index contributed by atoms with van der Waals surface area (Å²) < 4.78 is 44.8. The highest BCUT2D eigenvalue weighted by Crippen LogP contribution is 2.32. The molecule has 1 aromatic carbocycles. The predicted octanol–water partition coefficient (Wildman–Crippen LogP) is 0.306. The Morgan fingerprint density at radius 1 is 1.00 bits per heavy atom. The summed E-state index contributed by atoms with van der Waals surface area (Å²) in [6.45, 7) is 5.71. The first-order chi connectivity index (χ1) is 13.1. The van der Waals surface area contributed by atoms with Crippen molar-refractivity contribution in [2.75, 3.05) is 52.5 Å². The second-order valence-corrected chi connectivity index (χ2v) is 9.44. The van der Waals surface area contributed by atoms with Gasteiger partial charge in [-0.05, 0) is 31.4 Å². The molecule has 0 bridgehead atoms. The highest BCUT2D eigenvalue weighted by Gasteiger charge is 2.32. The summed E-state index contributed by atoms with van der Waals surface area (Å²) in [4.78, 5) is 1.72. The number of ether oxygens (including phenoxy) is 3. The number of piperazine rings is 1. The Balaban J connectivity index is 1.39. The number of hydrogen-bond acceptors (Lipinski definition) is 5. The molecule has 2 fully saturated rings. The molecule has 0 aliphatic carbocycles. The van der Waals surface area contributed by atoms with E-state index in [9.17, 15) is 8.42 Å². The van der Waals surface area contributed by atoms with Crippen LogP contribution in [-0.4, -0.2) is 71.4 Å². The van der Waals surface area contributed by atoms with Gasteiger partial charge in [-0.2, -0.15) is 4.31 Å². The van der Waals surface area contributed by atoms with Gasteiger partial charge in [-0.15, -0.1) is 0 Å². The van der Waals surface area contributed by atoms with Gasteiger partial charge in [0.05, 0.1) is 44.3 Å². The van der Waals surface area contributed by atoms with Crippen molar-refractivity contribution in [1.82, 2.24) is 4.31 Å². The molecule has 0 amide bonds. The molecule has 3 aliphatic heterocycles. The highest BCUT2D eigenvalue weighted by atomic mass is 32.2. The number of nitrogens with zero attached hydrogens (tertiary/aromatic N) is 1. The molecule has 2 saturated heterocycles. The van der Waals surface area contributed by atoms with Crippen LogP contribution >= 0.6 is 0 Å². The molecule has 0 spiro atoms. The van der Waals surface area contributed by atoms with Gasteiger partial charge < -0.3 is 19.1 Å². The molecule has 3 heterocycles. The number of fused-ring (bicyclic) bond motifs is 1. The molecular formula is C19H29N2O5S+. The Morgan fingerprint density at radius 3 is 2.52 bits per heavy atom. The van der Waals surface area contributed by atoms with Crippen LogP contribution in [0.1, 0.15) is 25.7 Å². The van der Waals surface area contributed by atoms with Gasteiger partial charge >= 0.3 is 0 Å². The monoisotopic (exact) mass is 397 g/mol. The van der Waals surface area contributed by atoms with Gasteiger partial charge in [0.15, 0.2) is 11.5 Å². The Morgan fingerprint density at radius 2 is 1.78 bits per heavy atom. The van der Waals surface area contributed by atoms with Gasteiger partial charge in [-0.1, -0.05) is 0 Å². The van der Waals surface area contributed by atoms with Gasteiger partial charge in [-0.25, -0.2) is 8.42 Å². The van der Waals surface area contributed by atoms with E-state index in [1.807, 2.05) is 0 Å². The number of benzene rings is 1. The van der Waals surface area contributed by atoms with Crippen molar-refractivity contribution < 1.29 is 27.5 Å². The molecule has 3 aliphatic rings. The summed E-state index contributed by atoms with van der Waals surface area (Å²) in [5.41, 5.74) is 0. The van der Waals surface area contributed by atoms with E-state index in [1.165, 1.54) is 11.3 Å². The Kier molecular flexibility index (Phi) is 5.87. The van der Waals surface area contributed by atoms with Crippen molar-refractivity contribution >= 4 is 10.0 Å². The lowest BCUT2D eigenvalue weighted by Crippen LogP contribution is -3.15. The lowest BCUT2D eigenvalue weighted by molar-refractivity contribution is -0.907. The summed E-state index contributed by atoms with van der Waals surface area (Å²) in [5, 5.41) is 0. The van der Waals surface area contributed by atoms with Crippen LogP contribution in [0.4, 0.5) is 0 Å². The third-order valence-corrected chi connectivity index (χ3v) is 7.47. The SMILES string of the molecule is O=S(=O)(c1ccc2c(c1)OCCCO2)N1CC[NH+](C[C@@H]2CCCCO2)CC1. The van der Waals surface area contributed by atoms with Crippen LogP contribution in [0.2, 0.25) is 0 Å². The molecule has 150 valence electrons. The number of quaternary nitrogens is 1. The maximum atomic E-state index is 13.1. The summed E-state index contributed by atoms with van der Waals surface area (Å²) >= 11 is 0. The van der Waals surface area contributed by atoms with Gasteiger partial charge in [-0.3, -0.25) is 0 Å². The Hall–Kier alpha value is -1.35. The fraction of sp³-hybridized carbons (Fsp3) is 0.684. The van der Waals surface area contributed by atoms with Gasteiger partial charge in [0.2, 0.25) is 10.0 Å². The number of nitrogens with one attached hydrogen (secondary N) is 1. The molecule has 0 unspecified atom stereocenters. The maximum absolute atomic E-state index is 13.1. The van der Waals surface area contributed by atoms with Gasteiger partial charge in [0.1, 0.15) is 12.6 Å². The van der Waals surface area contributed by atoms with E-state index < -0.39 is 10.0 Å². The zero-order valence-corrected chi connectivity index (χ0v) is 16.5. The molecule has 0 aromatic heterocycles. The zero-order valence-electron chi connectivity index (χ0n) is 15.7. The molecule has 27 heavy (non-hydrogen) atoms. The number of hydrogen-bond donors (Lipinski definition) is 1. The van der Waals surface area contributed by atoms with E-state index in [2.05, 4.69) is 0 Å². The molecular weight excluding hydrogens is 368 g/mol. The summed E-state index contributed by atoms with van der Waals surface area (Å²) in [6.07, 6.45) is 4.66. The van der Waals surface area contributed by atoms with Crippen molar-refractivity contribution in [3.05, 3.63) is 18.2 Å². The van der Waals surface area contributed by atoms with Crippen molar-refractivity contribution in [2.24, 2.45) is 0 Å². The minimum absolute atomic E-state index is 0.283.